The van der Waals surface area contributed by atoms with Crippen molar-refractivity contribution in [2.45, 2.75) is 26.8 Å². The highest BCUT2D eigenvalue weighted by Crippen LogP contribution is 2.17. The van der Waals surface area contributed by atoms with Crippen LogP contribution in [0, 0.1) is 6.92 Å². The SMILES string of the molecule is C=C(CC)COc1ccc(C)nc1CNC. The van der Waals surface area contributed by atoms with Crippen molar-refractivity contribution in [2.24, 2.45) is 0 Å². The van der Waals surface area contributed by atoms with Crippen molar-refractivity contribution in [1.82, 2.24) is 10.3 Å². The van der Waals surface area contributed by atoms with Crippen LogP contribution >= 0.6 is 0 Å². The Hall–Kier alpha value is -1.35. The van der Waals surface area contributed by atoms with Gasteiger partial charge in [-0.3, -0.25) is 4.98 Å². The lowest BCUT2D eigenvalue weighted by Crippen LogP contribution is -2.11. The van der Waals surface area contributed by atoms with E-state index in [0.29, 0.717) is 6.61 Å². The molecule has 1 rings (SSSR count). The lowest BCUT2D eigenvalue weighted by Gasteiger charge is -2.11. The molecule has 0 spiro atoms. The number of aromatic nitrogens is 1. The van der Waals surface area contributed by atoms with Crippen LogP contribution in [0.1, 0.15) is 24.7 Å². The molecule has 0 radical (unpaired) electrons. The quantitative estimate of drug-likeness (QED) is 0.748. The fourth-order valence-corrected chi connectivity index (χ4v) is 1.31. The molecule has 0 fully saturated rings. The Labute approximate surface area is 97.5 Å². The second-order valence-electron chi connectivity index (χ2n) is 3.82. The van der Waals surface area contributed by atoms with Gasteiger partial charge in [0.15, 0.2) is 0 Å². The number of pyridine rings is 1. The summed E-state index contributed by atoms with van der Waals surface area (Å²) in [6.45, 7) is 9.26. The number of nitrogens with zero attached hydrogens (tertiary/aromatic N) is 1. The Balaban J connectivity index is 2.73. The van der Waals surface area contributed by atoms with E-state index >= 15 is 0 Å². The summed E-state index contributed by atoms with van der Waals surface area (Å²) in [5.41, 5.74) is 3.05. The minimum Gasteiger partial charge on any atom is -0.487 e. The predicted octanol–water partition coefficient (Wildman–Crippen LogP) is 2.45. The molecule has 1 N–H and O–H groups in total. The van der Waals surface area contributed by atoms with Gasteiger partial charge in [0.05, 0.1) is 5.69 Å². The van der Waals surface area contributed by atoms with Crippen molar-refractivity contribution in [3.05, 3.63) is 35.7 Å². The van der Waals surface area contributed by atoms with Gasteiger partial charge in [0.2, 0.25) is 0 Å². The molecule has 0 unspecified atom stereocenters. The molecule has 0 saturated carbocycles. The van der Waals surface area contributed by atoms with Crippen molar-refractivity contribution < 1.29 is 4.74 Å². The Morgan fingerprint density at radius 3 is 2.88 bits per heavy atom. The van der Waals surface area contributed by atoms with Gasteiger partial charge in [0.1, 0.15) is 12.4 Å². The molecule has 0 atom stereocenters. The first-order valence-corrected chi connectivity index (χ1v) is 5.58. The van der Waals surface area contributed by atoms with Crippen LogP contribution in [0.5, 0.6) is 5.75 Å². The third kappa shape index (κ3) is 3.66. The van der Waals surface area contributed by atoms with Gasteiger partial charge in [0, 0.05) is 12.2 Å². The number of ether oxygens (including phenoxy) is 1. The van der Waals surface area contributed by atoms with Crippen molar-refractivity contribution in [3.8, 4) is 5.75 Å². The van der Waals surface area contributed by atoms with Gasteiger partial charge in [-0.1, -0.05) is 13.5 Å². The van der Waals surface area contributed by atoms with E-state index < -0.39 is 0 Å². The zero-order chi connectivity index (χ0) is 12.0. The largest absolute Gasteiger partial charge is 0.487 e. The summed E-state index contributed by atoms with van der Waals surface area (Å²) in [5, 5.41) is 3.09. The molecule has 1 heterocycles. The van der Waals surface area contributed by atoms with E-state index in [0.717, 1.165) is 35.7 Å². The fourth-order valence-electron chi connectivity index (χ4n) is 1.31. The average Bonchev–Trinajstić information content (AvgIpc) is 2.28. The molecule has 0 saturated heterocycles. The second-order valence-corrected chi connectivity index (χ2v) is 3.82. The third-order valence-electron chi connectivity index (χ3n) is 2.35. The van der Waals surface area contributed by atoms with Gasteiger partial charge in [-0.05, 0) is 38.1 Å². The van der Waals surface area contributed by atoms with Gasteiger partial charge < -0.3 is 10.1 Å². The first kappa shape index (κ1) is 12.7. The summed E-state index contributed by atoms with van der Waals surface area (Å²) < 4.78 is 5.70. The Kier molecular flexibility index (Phi) is 4.99. The van der Waals surface area contributed by atoms with Crippen LogP contribution in [-0.2, 0) is 6.54 Å². The van der Waals surface area contributed by atoms with Gasteiger partial charge >= 0.3 is 0 Å². The highest BCUT2D eigenvalue weighted by atomic mass is 16.5. The van der Waals surface area contributed by atoms with Crippen molar-refractivity contribution in [3.63, 3.8) is 0 Å². The van der Waals surface area contributed by atoms with E-state index in [1.54, 1.807) is 0 Å². The Morgan fingerprint density at radius 1 is 1.50 bits per heavy atom. The monoisotopic (exact) mass is 220 g/mol. The van der Waals surface area contributed by atoms with Crippen LogP contribution < -0.4 is 10.1 Å². The summed E-state index contributed by atoms with van der Waals surface area (Å²) in [6.07, 6.45) is 0.945. The van der Waals surface area contributed by atoms with E-state index in [-0.39, 0.29) is 0 Å². The molecule has 88 valence electrons. The van der Waals surface area contributed by atoms with E-state index in [2.05, 4.69) is 23.8 Å². The molecule has 3 heteroatoms. The molecule has 3 nitrogen and oxygen atoms in total. The summed E-state index contributed by atoms with van der Waals surface area (Å²) in [4.78, 5) is 4.45. The maximum absolute atomic E-state index is 5.70. The van der Waals surface area contributed by atoms with E-state index in [1.165, 1.54) is 0 Å². The fraction of sp³-hybridized carbons (Fsp3) is 0.462. The van der Waals surface area contributed by atoms with Crippen LogP contribution in [0.25, 0.3) is 0 Å². The molecule has 0 aliphatic rings. The number of hydrogen-bond donors (Lipinski definition) is 1. The van der Waals surface area contributed by atoms with Crippen molar-refractivity contribution >= 4 is 0 Å². The minimum absolute atomic E-state index is 0.567. The van der Waals surface area contributed by atoms with Gasteiger partial charge in [-0.25, -0.2) is 0 Å². The van der Waals surface area contributed by atoms with Crippen molar-refractivity contribution in [1.29, 1.82) is 0 Å². The summed E-state index contributed by atoms with van der Waals surface area (Å²) >= 11 is 0. The van der Waals surface area contributed by atoms with Crippen LogP contribution in [0.2, 0.25) is 0 Å². The standard InChI is InChI=1S/C13H20N2O/c1-5-10(2)9-16-13-7-6-11(3)15-12(13)8-14-4/h6-7,14H,2,5,8-9H2,1,3-4H3. The van der Waals surface area contributed by atoms with Crippen LogP contribution in [0.4, 0.5) is 0 Å². The second kappa shape index (κ2) is 6.28. The van der Waals surface area contributed by atoms with E-state index in [4.69, 9.17) is 4.74 Å². The normalized spacial score (nSPS) is 10.2. The average molecular weight is 220 g/mol. The predicted molar refractivity (Wildman–Crippen MR) is 66.7 cm³/mol. The summed E-state index contributed by atoms with van der Waals surface area (Å²) in [7, 11) is 1.90. The zero-order valence-corrected chi connectivity index (χ0v) is 10.3. The molecule has 0 aliphatic heterocycles. The molecular weight excluding hydrogens is 200 g/mol. The molecule has 0 aromatic carbocycles. The minimum atomic E-state index is 0.567. The number of aryl methyl sites for hydroxylation is 1. The highest BCUT2D eigenvalue weighted by molar-refractivity contribution is 5.29. The maximum Gasteiger partial charge on any atom is 0.142 e. The number of nitrogens with one attached hydrogen (secondary N) is 1. The van der Waals surface area contributed by atoms with E-state index in [1.807, 2.05) is 26.1 Å². The van der Waals surface area contributed by atoms with E-state index in [9.17, 15) is 0 Å². The molecule has 0 bridgehead atoms. The first-order chi connectivity index (χ1) is 7.67. The van der Waals surface area contributed by atoms with Crippen LogP contribution in [0.15, 0.2) is 24.3 Å². The highest BCUT2D eigenvalue weighted by Gasteiger charge is 2.05. The van der Waals surface area contributed by atoms with Gasteiger partial charge in [-0.2, -0.15) is 0 Å². The van der Waals surface area contributed by atoms with Crippen molar-refractivity contribution in [2.75, 3.05) is 13.7 Å². The molecule has 1 aromatic rings. The van der Waals surface area contributed by atoms with Crippen LogP contribution in [0.3, 0.4) is 0 Å². The molecule has 16 heavy (non-hydrogen) atoms. The lowest BCUT2D eigenvalue weighted by molar-refractivity contribution is 0.342. The first-order valence-electron chi connectivity index (χ1n) is 5.58. The molecule has 1 aromatic heterocycles. The summed E-state index contributed by atoms with van der Waals surface area (Å²) in [6, 6.07) is 3.93. The molecule has 0 aliphatic carbocycles. The topological polar surface area (TPSA) is 34.1 Å². The third-order valence-corrected chi connectivity index (χ3v) is 2.35. The van der Waals surface area contributed by atoms with Gasteiger partial charge in [-0.15, -0.1) is 0 Å². The number of hydrogen-bond acceptors (Lipinski definition) is 3. The lowest BCUT2D eigenvalue weighted by atomic mass is 10.2. The maximum atomic E-state index is 5.70. The Morgan fingerprint density at radius 2 is 2.25 bits per heavy atom. The molecule has 0 amide bonds. The van der Waals surface area contributed by atoms with Crippen LogP contribution in [-0.4, -0.2) is 18.6 Å². The zero-order valence-electron chi connectivity index (χ0n) is 10.3. The molecular formula is C13H20N2O. The summed E-state index contributed by atoms with van der Waals surface area (Å²) in [5.74, 6) is 0.842. The van der Waals surface area contributed by atoms with Gasteiger partial charge in [0.25, 0.3) is 0 Å². The smallest absolute Gasteiger partial charge is 0.142 e. The Bertz CT molecular complexity index is 361. The number of rotatable bonds is 6.